The van der Waals surface area contributed by atoms with Crippen molar-refractivity contribution < 1.29 is 4.79 Å². The van der Waals surface area contributed by atoms with Crippen LogP contribution in [0.25, 0.3) is 17.0 Å². The Morgan fingerprint density at radius 3 is 2.90 bits per heavy atom. The largest absolute Gasteiger partial charge is 0.343 e. The summed E-state index contributed by atoms with van der Waals surface area (Å²) in [4.78, 5) is 27.2. The van der Waals surface area contributed by atoms with Gasteiger partial charge in [-0.1, -0.05) is 11.6 Å². The molecule has 9 nitrogen and oxygen atoms in total. The Bertz CT molecular complexity index is 1170. The van der Waals surface area contributed by atoms with Gasteiger partial charge in [0.15, 0.2) is 11.5 Å². The molecule has 4 rings (SSSR count). The fourth-order valence-electron chi connectivity index (χ4n) is 3.06. The molecular formula is C20H21ClN8O. The Morgan fingerprint density at radius 1 is 1.27 bits per heavy atom. The molecule has 0 saturated heterocycles. The number of carbonyl (C=O) groups is 1. The topological polar surface area (TPSA) is 104 Å². The van der Waals surface area contributed by atoms with E-state index in [0.717, 1.165) is 17.1 Å². The number of fused-ring (bicyclic) bond motifs is 1. The summed E-state index contributed by atoms with van der Waals surface area (Å²) in [7, 11) is 3.42. The highest BCUT2D eigenvalue weighted by Crippen LogP contribution is 2.18. The second-order valence-electron chi connectivity index (χ2n) is 6.96. The van der Waals surface area contributed by atoms with Crippen molar-refractivity contribution in [1.82, 2.24) is 39.8 Å². The molecule has 0 atom stereocenters. The summed E-state index contributed by atoms with van der Waals surface area (Å²) in [5, 5.41) is 11.1. The van der Waals surface area contributed by atoms with Gasteiger partial charge in [0.05, 0.1) is 10.7 Å². The minimum atomic E-state index is -0.150. The SMILES string of the molecule is CN(C)C(=O)c1nc2ccc(Cl)cn2c1CNCCc1nc(-c2cccnc2)n[nH]1. The second-order valence-corrected chi connectivity index (χ2v) is 7.39. The number of imidazole rings is 1. The Morgan fingerprint density at radius 2 is 2.13 bits per heavy atom. The first kappa shape index (κ1) is 20.0. The fourth-order valence-corrected chi connectivity index (χ4v) is 3.22. The third kappa shape index (κ3) is 4.17. The number of aromatic amines is 1. The van der Waals surface area contributed by atoms with Crippen molar-refractivity contribution in [3.8, 4) is 11.4 Å². The van der Waals surface area contributed by atoms with E-state index >= 15 is 0 Å². The normalized spacial score (nSPS) is 11.2. The molecular weight excluding hydrogens is 404 g/mol. The zero-order valence-corrected chi connectivity index (χ0v) is 17.4. The molecule has 0 bridgehead atoms. The third-order valence-corrected chi connectivity index (χ3v) is 4.80. The van der Waals surface area contributed by atoms with E-state index in [1.807, 2.05) is 16.5 Å². The molecule has 0 aliphatic rings. The van der Waals surface area contributed by atoms with Crippen LogP contribution in [0.4, 0.5) is 0 Å². The summed E-state index contributed by atoms with van der Waals surface area (Å²) < 4.78 is 1.85. The molecule has 2 N–H and O–H groups in total. The van der Waals surface area contributed by atoms with Crippen molar-refractivity contribution >= 4 is 23.2 Å². The minimum Gasteiger partial charge on any atom is -0.343 e. The van der Waals surface area contributed by atoms with Gasteiger partial charge >= 0.3 is 0 Å². The number of amides is 1. The van der Waals surface area contributed by atoms with Gasteiger partial charge in [0.25, 0.3) is 5.91 Å². The van der Waals surface area contributed by atoms with Crippen LogP contribution in [-0.2, 0) is 13.0 Å². The van der Waals surface area contributed by atoms with Crippen LogP contribution >= 0.6 is 11.6 Å². The molecule has 0 spiro atoms. The van der Waals surface area contributed by atoms with Crippen molar-refractivity contribution in [3.63, 3.8) is 0 Å². The first-order valence-corrected chi connectivity index (χ1v) is 9.81. The molecule has 4 heterocycles. The van der Waals surface area contributed by atoms with E-state index in [4.69, 9.17) is 11.6 Å². The fraction of sp³-hybridized carbons (Fsp3) is 0.250. The lowest BCUT2D eigenvalue weighted by atomic mass is 10.2. The molecule has 4 aromatic heterocycles. The maximum Gasteiger partial charge on any atom is 0.273 e. The van der Waals surface area contributed by atoms with Crippen molar-refractivity contribution in [2.75, 3.05) is 20.6 Å². The number of rotatable bonds is 7. The molecule has 0 saturated carbocycles. The van der Waals surface area contributed by atoms with Gasteiger partial charge in [-0.05, 0) is 24.3 Å². The van der Waals surface area contributed by atoms with Crippen LogP contribution in [0.1, 0.15) is 22.0 Å². The minimum absolute atomic E-state index is 0.150. The van der Waals surface area contributed by atoms with Crippen LogP contribution in [0.5, 0.6) is 0 Å². The van der Waals surface area contributed by atoms with Crippen LogP contribution in [0, 0.1) is 0 Å². The van der Waals surface area contributed by atoms with Gasteiger partial charge in [-0.25, -0.2) is 9.97 Å². The lowest BCUT2D eigenvalue weighted by Gasteiger charge is -2.11. The van der Waals surface area contributed by atoms with Gasteiger partial charge in [-0.3, -0.25) is 14.9 Å². The van der Waals surface area contributed by atoms with Crippen molar-refractivity contribution in [1.29, 1.82) is 0 Å². The number of nitrogens with one attached hydrogen (secondary N) is 2. The summed E-state index contributed by atoms with van der Waals surface area (Å²) in [5.74, 6) is 1.24. The number of nitrogens with zero attached hydrogens (tertiary/aromatic N) is 6. The smallest absolute Gasteiger partial charge is 0.273 e. The number of pyridine rings is 2. The highest BCUT2D eigenvalue weighted by atomic mass is 35.5. The maximum atomic E-state index is 12.6. The zero-order chi connectivity index (χ0) is 21.1. The summed E-state index contributed by atoms with van der Waals surface area (Å²) in [6.07, 6.45) is 5.86. The van der Waals surface area contributed by atoms with Gasteiger partial charge in [0, 0.05) is 57.8 Å². The van der Waals surface area contributed by atoms with Crippen molar-refractivity contribution in [3.05, 3.63) is 65.1 Å². The Balaban J connectivity index is 1.45. The summed E-state index contributed by atoms with van der Waals surface area (Å²) in [6, 6.07) is 7.32. The van der Waals surface area contributed by atoms with Gasteiger partial charge in [0.2, 0.25) is 0 Å². The molecule has 0 aliphatic carbocycles. The van der Waals surface area contributed by atoms with Crippen LogP contribution < -0.4 is 5.32 Å². The predicted molar refractivity (Wildman–Crippen MR) is 113 cm³/mol. The quantitative estimate of drug-likeness (QED) is 0.441. The standard InChI is InChI=1S/C20H21ClN8O/c1-28(2)20(30)18-15(29-12-14(21)5-6-17(29)25-18)11-23-9-7-16-24-19(27-26-16)13-4-3-8-22-10-13/h3-6,8,10,12,23H,7,9,11H2,1-2H3,(H,24,26,27). The monoisotopic (exact) mass is 424 g/mol. The molecule has 0 fully saturated rings. The van der Waals surface area contributed by atoms with Gasteiger partial charge in [0.1, 0.15) is 11.5 Å². The lowest BCUT2D eigenvalue weighted by Crippen LogP contribution is -2.25. The highest BCUT2D eigenvalue weighted by molar-refractivity contribution is 6.30. The van der Waals surface area contributed by atoms with Crippen LogP contribution in [0.2, 0.25) is 5.02 Å². The van der Waals surface area contributed by atoms with Crippen LogP contribution in [0.3, 0.4) is 0 Å². The van der Waals surface area contributed by atoms with E-state index in [0.29, 0.717) is 41.7 Å². The first-order chi connectivity index (χ1) is 14.5. The van der Waals surface area contributed by atoms with E-state index in [1.165, 1.54) is 4.90 Å². The average Bonchev–Trinajstić information content (AvgIpc) is 3.36. The predicted octanol–water partition coefficient (Wildman–Crippen LogP) is 2.20. The van der Waals surface area contributed by atoms with Gasteiger partial charge in [-0.2, -0.15) is 5.10 Å². The molecule has 0 aliphatic heterocycles. The Hall–Kier alpha value is -3.30. The number of H-pyrrole nitrogens is 1. The molecule has 10 heteroatoms. The van der Waals surface area contributed by atoms with E-state index in [9.17, 15) is 4.79 Å². The second kappa shape index (κ2) is 8.60. The third-order valence-electron chi connectivity index (χ3n) is 4.57. The Kier molecular flexibility index (Phi) is 5.73. The number of hydrogen-bond donors (Lipinski definition) is 2. The summed E-state index contributed by atoms with van der Waals surface area (Å²) in [6.45, 7) is 1.10. The maximum absolute atomic E-state index is 12.6. The van der Waals surface area contributed by atoms with Crippen molar-refractivity contribution in [2.45, 2.75) is 13.0 Å². The average molecular weight is 425 g/mol. The zero-order valence-electron chi connectivity index (χ0n) is 16.6. The lowest BCUT2D eigenvalue weighted by molar-refractivity contribution is 0.0821. The van der Waals surface area contributed by atoms with Gasteiger partial charge < -0.3 is 14.6 Å². The number of hydrogen-bond acceptors (Lipinski definition) is 6. The van der Waals surface area contributed by atoms with E-state index in [2.05, 4.69) is 30.5 Å². The van der Waals surface area contributed by atoms with Crippen molar-refractivity contribution in [2.24, 2.45) is 0 Å². The number of aromatic nitrogens is 6. The van der Waals surface area contributed by atoms with Gasteiger partial charge in [-0.15, -0.1) is 0 Å². The van der Waals surface area contributed by atoms with E-state index < -0.39 is 0 Å². The molecule has 1 amide bonds. The molecule has 0 unspecified atom stereocenters. The van der Waals surface area contributed by atoms with E-state index in [1.54, 1.807) is 44.8 Å². The first-order valence-electron chi connectivity index (χ1n) is 9.43. The van der Waals surface area contributed by atoms with Crippen LogP contribution in [0.15, 0.2) is 42.9 Å². The molecule has 154 valence electrons. The molecule has 0 radical (unpaired) electrons. The molecule has 4 aromatic rings. The number of carbonyl (C=O) groups excluding carboxylic acids is 1. The van der Waals surface area contributed by atoms with Crippen LogP contribution in [-0.4, -0.2) is 61.0 Å². The summed E-state index contributed by atoms with van der Waals surface area (Å²) >= 11 is 6.15. The highest BCUT2D eigenvalue weighted by Gasteiger charge is 2.20. The molecule has 0 aromatic carbocycles. The Labute approximate surface area is 178 Å². The summed E-state index contributed by atoms with van der Waals surface area (Å²) in [5.41, 5.74) is 2.72. The van der Waals surface area contributed by atoms with E-state index in [-0.39, 0.29) is 5.91 Å². The molecule has 30 heavy (non-hydrogen) atoms. The number of halogens is 1.